The fourth-order valence-electron chi connectivity index (χ4n) is 1.74. The van der Waals surface area contributed by atoms with E-state index >= 15 is 0 Å². The van der Waals surface area contributed by atoms with Crippen molar-refractivity contribution in [3.8, 4) is 0 Å². The normalized spacial score (nSPS) is 14.3. The highest BCUT2D eigenvalue weighted by Gasteiger charge is 2.33. The Morgan fingerprint density at radius 2 is 2.12 bits per heavy atom. The fourth-order valence-corrected chi connectivity index (χ4v) is 1.95. The molecule has 0 bridgehead atoms. The first-order valence-electron chi connectivity index (χ1n) is 5.75. The minimum atomic E-state index is -1.22. The van der Waals surface area contributed by atoms with Gasteiger partial charge in [0.1, 0.15) is 5.54 Å². The SMILES string of the molecule is CCCC[C@](N)(Cc1ccccc1Cl)C(=O)O. The first-order chi connectivity index (χ1) is 7.99. The van der Waals surface area contributed by atoms with Gasteiger partial charge >= 0.3 is 5.97 Å². The van der Waals surface area contributed by atoms with Crippen LogP contribution in [0, 0.1) is 0 Å². The largest absolute Gasteiger partial charge is 0.480 e. The van der Waals surface area contributed by atoms with Crippen molar-refractivity contribution in [3.05, 3.63) is 34.9 Å². The Kier molecular flexibility index (Phi) is 4.97. The standard InChI is InChI=1S/C13H18ClNO2/c1-2-3-8-13(15,12(16)17)9-10-6-4-5-7-11(10)14/h4-7H,2-3,8-9,15H2,1H3,(H,16,17)/t13-/m0/s1. The summed E-state index contributed by atoms with van der Waals surface area (Å²) in [6, 6.07) is 7.22. The third-order valence-corrected chi connectivity index (χ3v) is 3.23. The van der Waals surface area contributed by atoms with E-state index < -0.39 is 11.5 Å². The molecule has 0 fully saturated rings. The highest BCUT2D eigenvalue weighted by atomic mass is 35.5. The van der Waals surface area contributed by atoms with Gasteiger partial charge in [-0.25, -0.2) is 0 Å². The Balaban J connectivity index is 2.87. The first-order valence-corrected chi connectivity index (χ1v) is 6.13. The van der Waals surface area contributed by atoms with E-state index in [0.717, 1.165) is 18.4 Å². The molecule has 0 aliphatic carbocycles. The van der Waals surface area contributed by atoms with Crippen molar-refractivity contribution in [3.63, 3.8) is 0 Å². The average molecular weight is 256 g/mol. The summed E-state index contributed by atoms with van der Waals surface area (Å²) in [4.78, 5) is 11.3. The number of hydrogen-bond acceptors (Lipinski definition) is 2. The van der Waals surface area contributed by atoms with Crippen molar-refractivity contribution in [1.29, 1.82) is 0 Å². The summed E-state index contributed by atoms with van der Waals surface area (Å²) in [5, 5.41) is 9.81. The van der Waals surface area contributed by atoms with Gasteiger partial charge in [0.25, 0.3) is 0 Å². The smallest absolute Gasteiger partial charge is 0.324 e. The number of benzene rings is 1. The molecule has 0 aliphatic rings. The molecule has 1 atom stereocenters. The zero-order chi connectivity index (χ0) is 12.9. The number of rotatable bonds is 6. The van der Waals surface area contributed by atoms with Gasteiger partial charge < -0.3 is 10.8 Å². The molecule has 17 heavy (non-hydrogen) atoms. The minimum absolute atomic E-state index is 0.266. The van der Waals surface area contributed by atoms with Crippen molar-refractivity contribution in [2.75, 3.05) is 0 Å². The molecule has 94 valence electrons. The molecule has 0 spiro atoms. The first kappa shape index (κ1) is 14.0. The maximum absolute atomic E-state index is 11.3. The minimum Gasteiger partial charge on any atom is -0.480 e. The molecule has 3 N–H and O–H groups in total. The zero-order valence-electron chi connectivity index (χ0n) is 9.95. The van der Waals surface area contributed by atoms with E-state index in [1.165, 1.54) is 0 Å². The van der Waals surface area contributed by atoms with Gasteiger partial charge in [-0.05, 0) is 18.1 Å². The predicted octanol–water partition coefficient (Wildman–Crippen LogP) is 2.85. The van der Waals surface area contributed by atoms with E-state index in [0.29, 0.717) is 11.4 Å². The summed E-state index contributed by atoms with van der Waals surface area (Å²) >= 11 is 6.02. The maximum atomic E-state index is 11.3. The molecule has 3 nitrogen and oxygen atoms in total. The van der Waals surface area contributed by atoms with Crippen LogP contribution in [0.5, 0.6) is 0 Å². The quantitative estimate of drug-likeness (QED) is 0.822. The topological polar surface area (TPSA) is 63.3 Å². The van der Waals surface area contributed by atoms with Gasteiger partial charge in [0, 0.05) is 11.4 Å². The third-order valence-electron chi connectivity index (χ3n) is 2.87. The Morgan fingerprint density at radius 1 is 1.47 bits per heavy atom. The third kappa shape index (κ3) is 3.72. The van der Waals surface area contributed by atoms with Crippen molar-refractivity contribution in [2.24, 2.45) is 5.73 Å². The molecule has 1 aromatic carbocycles. The number of hydrogen-bond donors (Lipinski definition) is 2. The van der Waals surface area contributed by atoms with Gasteiger partial charge in [-0.2, -0.15) is 0 Å². The van der Waals surface area contributed by atoms with Crippen LogP contribution < -0.4 is 5.73 Å². The Labute approximate surface area is 107 Å². The molecular formula is C13H18ClNO2. The van der Waals surface area contributed by atoms with Gasteiger partial charge in [0.05, 0.1) is 0 Å². The van der Waals surface area contributed by atoms with Crippen LogP contribution in [0.25, 0.3) is 0 Å². The molecule has 0 unspecified atom stereocenters. The zero-order valence-corrected chi connectivity index (χ0v) is 10.7. The highest BCUT2D eigenvalue weighted by molar-refractivity contribution is 6.31. The van der Waals surface area contributed by atoms with Crippen molar-refractivity contribution < 1.29 is 9.90 Å². The Hall–Kier alpha value is -1.06. The summed E-state index contributed by atoms with van der Waals surface area (Å²) in [6.45, 7) is 2.01. The van der Waals surface area contributed by atoms with Crippen LogP contribution in [0.15, 0.2) is 24.3 Å². The van der Waals surface area contributed by atoms with E-state index in [9.17, 15) is 9.90 Å². The number of unbranched alkanes of at least 4 members (excludes halogenated alkanes) is 1. The molecule has 1 rings (SSSR count). The molecule has 1 aromatic rings. The lowest BCUT2D eigenvalue weighted by Gasteiger charge is -2.25. The van der Waals surface area contributed by atoms with Gasteiger partial charge in [-0.1, -0.05) is 49.6 Å². The lowest BCUT2D eigenvalue weighted by molar-refractivity contribution is -0.143. The average Bonchev–Trinajstić information content (AvgIpc) is 2.29. The van der Waals surface area contributed by atoms with E-state index in [1.54, 1.807) is 6.07 Å². The van der Waals surface area contributed by atoms with Gasteiger partial charge in [-0.15, -0.1) is 0 Å². The summed E-state index contributed by atoms with van der Waals surface area (Å²) in [5.41, 5.74) is 5.54. The molecule has 0 radical (unpaired) electrons. The summed E-state index contributed by atoms with van der Waals surface area (Å²) in [6.07, 6.45) is 2.45. The lowest BCUT2D eigenvalue weighted by atomic mass is 9.87. The number of aliphatic carboxylic acids is 1. The molecule has 0 heterocycles. The number of nitrogens with two attached hydrogens (primary N) is 1. The monoisotopic (exact) mass is 255 g/mol. The van der Waals surface area contributed by atoms with Crippen molar-refractivity contribution in [2.45, 2.75) is 38.1 Å². The molecule has 0 aromatic heterocycles. The number of carboxylic acid groups (broad SMARTS) is 1. The van der Waals surface area contributed by atoms with Gasteiger partial charge in [0.2, 0.25) is 0 Å². The molecule has 4 heteroatoms. The molecule has 0 saturated heterocycles. The lowest BCUT2D eigenvalue weighted by Crippen LogP contribution is -2.49. The van der Waals surface area contributed by atoms with Gasteiger partial charge in [0.15, 0.2) is 0 Å². The molecule has 0 saturated carbocycles. The Bertz CT molecular complexity index is 395. The highest BCUT2D eigenvalue weighted by Crippen LogP contribution is 2.23. The second-order valence-electron chi connectivity index (χ2n) is 4.33. The number of carboxylic acids is 1. The van der Waals surface area contributed by atoms with Crippen molar-refractivity contribution >= 4 is 17.6 Å². The van der Waals surface area contributed by atoms with Crippen LogP contribution >= 0.6 is 11.6 Å². The van der Waals surface area contributed by atoms with E-state index in [-0.39, 0.29) is 6.42 Å². The van der Waals surface area contributed by atoms with Crippen LogP contribution in [0.1, 0.15) is 31.7 Å². The van der Waals surface area contributed by atoms with Crippen LogP contribution in [0.4, 0.5) is 0 Å². The summed E-state index contributed by atoms with van der Waals surface area (Å²) in [7, 11) is 0. The second-order valence-corrected chi connectivity index (χ2v) is 4.74. The molecule has 0 amide bonds. The second kappa shape index (κ2) is 6.03. The van der Waals surface area contributed by atoms with Crippen LogP contribution in [0.3, 0.4) is 0 Å². The van der Waals surface area contributed by atoms with Crippen molar-refractivity contribution in [1.82, 2.24) is 0 Å². The van der Waals surface area contributed by atoms with Crippen LogP contribution in [-0.4, -0.2) is 16.6 Å². The fraction of sp³-hybridized carbons (Fsp3) is 0.462. The molecular weight excluding hydrogens is 238 g/mol. The number of carbonyl (C=O) groups is 1. The van der Waals surface area contributed by atoms with E-state index in [1.807, 2.05) is 25.1 Å². The van der Waals surface area contributed by atoms with Crippen LogP contribution in [0.2, 0.25) is 5.02 Å². The molecule has 0 aliphatic heterocycles. The van der Waals surface area contributed by atoms with E-state index in [2.05, 4.69) is 0 Å². The summed E-state index contributed by atoms with van der Waals surface area (Å²) < 4.78 is 0. The Morgan fingerprint density at radius 3 is 2.65 bits per heavy atom. The van der Waals surface area contributed by atoms with E-state index in [4.69, 9.17) is 17.3 Å². The van der Waals surface area contributed by atoms with Crippen LogP contribution in [-0.2, 0) is 11.2 Å². The maximum Gasteiger partial charge on any atom is 0.324 e. The predicted molar refractivity (Wildman–Crippen MR) is 69.2 cm³/mol. The van der Waals surface area contributed by atoms with Gasteiger partial charge in [-0.3, -0.25) is 4.79 Å². The number of halogens is 1. The summed E-state index contributed by atoms with van der Waals surface area (Å²) in [5.74, 6) is -0.967.